The van der Waals surface area contributed by atoms with Gasteiger partial charge in [0.2, 0.25) is 5.91 Å². The van der Waals surface area contributed by atoms with Crippen molar-refractivity contribution in [3.8, 4) is 0 Å². The van der Waals surface area contributed by atoms with E-state index >= 15 is 0 Å². The van der Waals surface area contributed by atoms with Gasteiger partial charge in [0.25, 0.3) is 0 Å². The van der Waals surface area contributed by atoms with Crippen molar-refractivity contribution in [2.24, 2.45) is 5.73 Å². The Labute approximate surface area is 134 Å². The number of hydrogen-bond donors (Lipinski definition) is 2. The molecule has 0 fully saturated rings. The van der Waals surface area contributed by atoms with Crippen LogP contribution in [-0.2, 0) is 24.1 Å². The van der Waals surface area contributed by atoms with E-state index in [1.54, 1.807) is 0 Å². The highest BCUT2D eigenvalue weighted by molar-refractivity contribution is 5.85. The summed E-state index contributed by atoms with van der Waals surface area (Å²) in [6, 6.07) is 6.45. The number of halogens is 1. The third-order valence-electron chi connectivity index (χ3n) is 4.57. The lowest BCUT2D eigenvalue weighted by Crippen LogP contribution is -2.49. The van der Waals surface area contributed by atoms with Crippen LogP contribution in [0.3, 0.4) is 0 Å². The van der Waals surface area contributed by atoms with Gasteiger partial charge in [-0.25, -0.2) is 0 Å². The number of amides is 1. The molecule has 118 valence electrons. The van der Waals surface area contributed by atoms with E-state index in [0.29, 0.717) is 13.0 Å². The minimum atomic E-state index is -0.270. The third kappa shape index (κ3) is 4.72. The van der Waals surface area contributed by atoms with Gasteiger partial charge in [-0.15, -0.1) is 12.4 Å². The molecule has 1 aliphatic carbocycles. The van der Waals surface area contributed by atoms with E-state index in [4.69, 9.17) is 5.73 Å². The summed E-state index contributed by atoms with van der Waals surface area (Å²) in [4.78, 5) is 12.0. The maximum absolute atomic E-state index is 12.0. The number of nitrogens with one attached hydrogen (secondary N) is 1. The number of carbonyl (C=O) groups excluding carboxylic acids is 1. The number of benzene rings is 1. The fraction of sp³-hybridized carbons (Fsp3) is 0.588. The molecule has 0 unspecified atom stereocenters. The van der Waals surface area contributed by atoms with E-state index in [2.05, 4.69) is 37.4 Å². The van der Waals surface area contributed by atoms with Crippen LogP contribution in [0.4, 0.5) is 0 Å². The Bertz CT molecular complexity index is 484. The van der Waals surface area contributed by atoms with Crippen molar-refractivity contribution in [3.05, 3.63) is 34.9 Å². The van der Waals surface area contributed by atoms with Crippen LogP contribution in [0.15, 0.2) is 18.2 Å². The smallest absolute Gasteiger partial charge is 0.224 e. The van der Waals surface area contributed by atoms with Gasteiger partial charge < -0.3 is 11.1 Å². The Kier molecular flexibility index (Phi) is 6.69. The maximum atomic E-state index is 12.0. The lowest BCUT2D eigenvalue weighted by molar-refractivity contribution is -0.120. The second-order valence-corrected chi connectivity index (χ2v) is 5.98. The van der Waals surface area contributed by atoms with Gasteiger partial charge in [0.15, 0.2) is 0 Å². The van der Waals surface area contributed by atoms with E-state index in [-0.39, 0.29) is 23.9 Å². The molecule has 0 bridgehead atoms. The number of fused-ring (bicyclic) bond motifs is 1. The molecular weight excluding hydrogens is 284 g/mol. The molecule has 0 saturated carbocycles. The van der Waals surface area contributed by atoms with Crippen molar-refractivity contribution in [1.29, 1.82) is 0 Å². The molecule has 3 nitrogen and oxygen atoms in total. The minimum Gasteiger partial charge on any atom is -0.354 e. The number of carbonyl (C=O) groups is 1. The van der Waals surface area contributed by atoms with Crippen LogP contribution in [0.5, 0.6) is 0 Å². The average Bonchev–Trinajstić information content (AvgIpc) is 2.92. The molecular formula is C17H27ClN2O. The highest BCUT2D eigenvalue weighted by atomic mass is 35.5. The molecule has 2 rings (SSSR count). The molecule has 1 aromatic rings. The second-order valence-electron chi connectivity index (χ2n) is 5.98. The third-order valence-corrected chi connectivity index (χ3v) is 4.57. The quantitative estimate of drug-likeness (QED) is 0.849. The fourth-order valence-electron chi connectivity index (χ4n) is 2.76. The van der Waals surface area contributed by atoms with Crippen molar-refractivity contribution in [1.82, 2.24) is 5.32 Å². The van der Waals surface area contributed by atoms with Gasteiger partial charge in [-0.2, -0.15) is 0 Å². The Balaban J connectivity index is 0.00000220. The van der Waals surface area contributed by atoms with Crippen molar-refractivity contribution >= 4 is 18.3 Å². The monoisotopic (exact) mass is 310 g/mol. The molecule has 1 amide bonds. The summed E-state index contributed by atoms with van der Waals surface area (Å²) < 4.78 is 0. The van der Waals surface area contributed by atoms with Crippen molar-refractivity contribution in [2.45, 2.75) is 57.9 Å². The molecule has 0 aliphatic heterocycles. The predicted octanol–water partition coefficient (Wildman–Crippen LogP) is 2.77. The summed E-state index contributed by atoms with van der Waals surface area (Å²) in [5.74, 6) is 0.0691. The molecule has 0 saturated heterocycles. The first-order valence-corrected chi connectivity index (χ1v) is 7.72. The molecule has 21 heavy (non-hydrogen) atoms. The standard InChI is InChI=1S/C17H26N2O.ClH/c1-3-17(18,4-2)12-19-16(20)11-13-8-9-14-6-5-7-15(14)10-13;/h8-10H,3-7,11-12,18H2,1-2H3,(H,19,20);1H. The normalized spacial score (nSPS) is 13.5. The summed E-state index contributed by atoms with van der Waals surface area (Å²) in [7, 11) is 0. The average molecular weight is 311 g/mol. The number of nitrogens with two attached hydrogens (primary N) is 1. The molecule has 0 heterocycles. The first-order chi connectivity index (χ1) is 9.56. The zero-order valence-electron chi connectivity index (χ0n) is 13.1. The summed E-state index contributed by atoms with van der Waals surface area (Å²) in [5.41, 5.74) is 9.91. The molecule has 3 N–H and O–H groups in total. The first kappa shape index (κ1) is 18.0. The highest BCUT2D eigenvalue weighted by Gasteiger charge is 2.21. The maximum Gasteiger partial charge on any atom is 0.224 e. The van der Waals surface area contributed by atoms with Crippen LogP contribution < -0.4 is 11.1 Å². The topological polar surface area (TPSA) is 55.1 Å². The zero-order valence-corrected chi connectivity index (χ0v) is 13.9. The summed E-state index contributed by atoms with van der Waals surface area (Å²) in [6.07, 6.45) is 5.79. The summed E-state index contributed by atoms with van der Waals surface area (Å²) >= 11 is 0. The molecule has 1 aromatic carbocycles. The van der Waals surface area contributed by atoms with Gasteiger partial charge in [0, 0.05) is 12.1 Å². The van der Waals surface area contributed by atoms with Crippen LogP contribution in [0.25, 0.3) is 0 Å². The van der Waals surface area contributed by atoms with Crippen LogP contribution in [-0.4, -0.2) is 18.0 Å². The molecule has 1 aliphatic rings. The van der Waals surface area contributed by atoms with E-state index < -0.39 is 0 Å². The fourth-order valence-corrected chi connectivity index (χ4v) is 2.76. The van der Waals surface area contributed by atoms with Crippen LogP contribution >= 0.6 is 12.4 Å². The van der Waals surface area contributed by atoms with Gasteiger partial charge in [-0.3, -0.25) is 4.79 Å². The minimum absolute atomic E-state index is 0. The Morgan fingerprint density at radius 3 is 2.57 bits per heavy atom. The van der Waals surface area contributed by atoms with Crippen molar-refractivity contribution in [2.75, 3.05) is 6.54 Å². The van der Waals surface area contributed by atoms with Gasteiger partial charge in [0.1, 0.15) is 0 Å². The molecule has 0 atom stereocenters. The van der Waals surface area contributed by atoms with E-state index in [1.165, 1.54) is 24.0 Å². The highest BCUT2D eigenvalue weighted by Crippen LogP contribution is 2.23. The Morgan fingerprint density at radius 2 is 1.90 bits per heavy atom. The van der Waals surface area contributed by atoms with Gasteiger partial charge in [0.05, 0.1) is 6.42 Å². The Hall–Kier alpha value is -1.06. The SMILES string of the molecule is CCC(N)(CC)CNC(=O)Cc1ccc2c(c1)CCC2.Cl. The van der Waals surface area contributed by atoms with Crippen LogP contribution in [0, 0.1) is 0 Å². The van der Waals surface area contributed by atoms with E-state index in [0.717, 1.165) is 24.8 Å². The largest absolute Gasteiger partial charge is 0.354 e. The number of aryl methyl sites for hydroxylation is 2. The molecule has 0 radical (unpaired) electrons. The lowest BCUT2D eigenvalue weighted by atomic mass is 9.94. The molecule has 0 aromatic heterocycles. The van der Waals surface area contributed by atoms with Crippen molar-refractivity contribution in [3.63, 3.8) is 0 Å². The summed E-state index contributed by atoms with van der Waals surface area (Å²) in [5, 5.41) is 2.98. The molecule has 4 heteroatoms. The van der Waals surface area contributed by atoms with E-state index in [1.807, 2.05) is 0 Å². The van der Waals surface area contributed by atoms with Crippen LogP contribution in [0.2, 0.25) is 0 Å². The van der Waals surface area contributed by atoms with Crippen LogP contribution in [0.1, 0.15) is 49.8 Å². The van der Waals surface area contributed by atoms with Gasteiger partial charge in [-0.1, -0.05) is 32.0 Å². The van der Waals surface area contributed by atoms with Crippen molar-refractivity contribution < 1.29 is 4.79 Å². The summed E-state index contributed by atoms with van der Waals surface area (Å²) in [6.45, 7) is 4.69. The second kappa shape index (κ2) is 7.81. The number of hydrogen-bond acceptors (Lipinski definition) is 2. The zero-order chi connectivity index (χ0) is 14.6. The first-order valence-electron chi connectivity index (χ1n) is 7.72. The number of rotatable bonds is 6. The molecule has 0 spiro atoms. The van der Waals surface area contributed by atoms with Gasteiger partial charge >= 0.3 is 0 Å². The lowest BCUT2D eigenvalue weighted by Gasteiger charge is -2.26. The predicted molar refractivity (Wildman–Crippen MR) is 89.9 cm³/mol. The van der Waals surface area contributed by atoms with E-state index in [9.17, 15) is 4.79 Å². The van der Waals surface area contributed by atoms with Gasteiger partial charge in [-0.05, 0) is 48.8 Å². The Morgan fingerprint density at radius 1 is 1.24 bits per heavy atom.